The van der Waals surface area contributed by atoms with Gasteiger partial charge in [-0.1, -0.05) is 19.9 Å². The van der Waals surface area contributed by atoms with Crippen LogP contribution in [0.2, 0.25) is 0 Å². The second-order valence-corrected chi connectivity index (χ2v) is 6.58. The number of nitro groups is 1. The van der Waals surface area contributed by atoms with Gasteiger partial charge >= 0.3 is 0 Å². The summed E-state index contributed by atoms with van der Waals surface area (Å²) in [6.45, 7) is 10.3. The molecule has 0 saturated carbocycles. The Hall–Kier alpha value is -1.62. The maximum Gasteiger partial charge on any atom is 0.292 e. The van der Waals surface area contributed by atoms with Crippen molar-refractivity contribution in [3.05, 3.63) is 33.9 Å². The van der Waals surface area contributed by atoms with E-state index in [0.29, 0.717) is 17.6 Å². The van der Waals surface area contributed by atoms with E-state index in [1.54, 1.807) is 6.07 Å². The van der Waals surface area contributed by atoms with Crippen molar-refractivity contribution < 1.29 is 4.92 Å². The zero-order valence-corrected chi connectivity index (χ0v) is 13.2. The van der Waals surface area contributed by atoms with Crippen LogP contribution in [0.25, 0.3) is 0 Å². The molecule has 0 radical (unpaired) electrons. The molecule has 0 atom stereocenters. The van der Waals surface area contributed by atoms with Crippen LogP contribution < -0.4 is 5.32 Å². The highest BCUT2D eigenvalue weighted by molar-refractivity contribution is 5.62. The van der Waals surface area contributed by atoms with Crippen molar-refractivity contribution in [2.24, 2.45) is 5.41 Å². The molecule has 1 heterocycles. The van der Waals surface area contributed by atoms with Gasteiger partial charge in [-0.05, 0) is 49.9 Å². The summed E-state index contributed by atoms with van der Waals surface area (Å²) in [7, 11) is 0. The molecule has 0 aliphatic carbocycles. The van der Waals surface area contributed by atoms with Gasteiger partial charge in [-0.3, -0.25) is 15.0 Å². The molecule has 116 valence electrons. The van der Waals surface area contributed by atoms with Crippen molar-refractivity contribution in [2.45, 2.75) is 40.2 Å². The van der Waals surface area contributed by atoms with Crippen LogP contribution >= 0.6 is 0 Å². The molecule has 0 bridgehead atoms. The van der Waals surface area contributed by atoms with Crippen molar-refractivity contribution in [2.75, 3.05) is 25.0 Å². The fraction of sp³-hybridized carbons (Fsp3) is 0.625. The fourth-order valence-electron chi connectivity index (χ4n) is 2.75. The van der Waals surface area contributed by atoms with Gasteiger partial charge in [-0.25, -0.2) is 0 Å². The molecule has 0 aromatic heterocycles. The van der Waals surface area contributed by atoms with Crippen LogP contribution in [0.15, 0.2) is 18.2 Å². The monoisotopic (exact) mass is 291 g/mol. The summed E-state index contributed by atoms with van der Waals surface area (Å²) in [6, 6.07) is 5.40. The number of hydrogen-bond acceptors (Lipinski definition) is 4. The Morgan fingerprint density at radius 1 is 1.33 bits per heavy atom. The minimum atomic E-state index is -0.328. The van der Waals surface area contributed by atoms with E-state index in [2.05, 4.69) is 24.1 Å². The Morgan fingerprint density at radius 3 is 2.57 bits per heavy atom. The maximum absolute atomic E-state index is 11.0. The van der Waals surface area contributed by atoms with Crippen LogP contribution in [-0.2, 0) is 6.54 Å². The summed E-state index contributed by atoms with van der Waals surface area (Å²) >= 11 is 0. The van der Waals surface area contributed by atoms with Gasteiger partial charge in [0.15, 0.2) is 0 Å². The van der Waals surface area contributed by atoms with E-state index >= 15 is 0 Å². The molecule has 1 aromatic rings. The van der Waals surface area contributed by atoms with Gasteiger partial charge in [-0.2, -0.15) is 0 Å². The third kappa shape index (κ3) is 4.17. The number of nitrogens with one attached hydrogen (secondary N) is 1. The largest absolute Gasteiger partial charge is 0.380 e. The predicted octanol–water partition coefficient (Wildman–Crippen LogP) is 3.65. The van der Waals surface area contributed by atoms with Gasteiger partial charge in [-0.15, -0.1) is 0 Å². The standard InChI is InChI=1S/C16H25N3O2/c1-4-17-14-11-13(5-6-15(14)19(20)21)12-18-9-7-16(2,3)8-10-18/h5-6,11,17H,4,7-10,12H2,1-3H3. The molecule has 5 heteroatoms. The smallest absolute Gasteiger partial charge is 0.292 e. The van der Waals surface area contributed by atoms with Crippen LogP contribution in [0.4, 0.5) is 11.4 Å². The number of nitro benzene ring substituents is 1. The molecule has 1 fully saturated rings. The number of likely N-dealkylation sites (tertiary alicyclic amines) is 1. The number of benzene rings is 1. The molecular weight excluding hydrogens is 266 g/mol. The SMILES string of the molecule is CCNc1cc(CN2CCC(C)(C)CC2)ccc1[N+](=O)[O-]. The quantitative estimate of drug-likeness (QED) is 0.664. The average Bonchev–Trinajstić information content (AvgIpc) is 2.41. The second kappa shape index (κ2) is 6.43. The zero-order chi connectivity index (χ0) is 15.5. The van der Waals surface area contributed by atoms with E-state index in [0.717, 1.165) is 25.2 Å². The molecule has 21 heavy (non-hydrogen) atoms. The first kappa shape index (κ1) is 15.8. The third-order valence-electron chi connectivity index (χ3n) is 4.24. The summed E-state index contributed by atoms with van der Waals surface area (Å²) < 4.78 is 0. The molecule has 5 nitrogen and oxygen atoms in total. The minimum absolute atomic E-state index is 0.153. The number of rotatable bonds is 5. The van der Waals surface area contributed by atoms with Crippen LogP contribution in [-0.4, -0.2) is 29.5 Å². The van der Waals surface area contributed by atoms with E-state index in [1.807, 2.05) is 19.1 Å². The number of nitrogens with zero attached hydrogens (tertiary/aromatic N) is 2. The normalized spacial score (nSPS) is 18.4. The summed E-state index contributed by atoms with van der Waals surface area (Å²) in [5, 5.41) is 14.1. The fourth-order valence-corrected chi connectivity index (χ4v) is 2.75. The average molecular weight is 291 g/mol. The third-order valence-corrected chi connectivity index (χ3v) is 4.24. The van der Waals surface area contributed by atoms with Crippen molar-refractivity contribution >= 4 is 11.4 Å². The maximum atomic E-state index is 11.0. The van der Waals surface area contributed by atoms with E-state index in [4.69, 9.17) is 0 Å². The Bertz CT molecular complexity index is 504. The number of anilines is 1. The minimum Gasteiger partial charge on any atom is -0.380 e. The first-order chi connectivity index (χ1) is 9.91. The number of hydrogen-bond donors (Lipinski definition) is 1. The van der Waals surface area contributed by atoms with Gasteiger partial charge in [0.25, 0.3) is 5.69 Å². The molecule has 1 aliphatic rings. The highest BCUT2D eigenvalue weighted by Gasteiger charge is 2.25. The molecule has 0 amide bonds. The molecule has 0 spiro atoms. The first-order valence-electron chi connectivity index (χ1n) is 7.65. The lowest BCUT2D eigenvalue weighted by Crippen LogP contribution is -2.36. The van der Waals surface area contributed by atoms with Gasteiger partial charge in [0, 0.05) is 19.2 Å². The van der Waals surface area contributed by atoms with Crippen molar-refractivity contribution in [3.8, 4) is 0 Å². The summed E-state index contributed by atoms with van der Waals surface area (Å²) in [5.74, 6) is 0. The van der Waals surface area contributed by atoms with E-state index < -0.39 is 0 Å². The molecular formula is C16H25N3O2. The van der Waals surface area contributed by atoms with Gasteiger partial charge < -0.3 is 5.32 Å². The molecule has 1 aliphatic heterocycles. The highest BCUT2D eigenvalue weighted by atomic mass is 16.6. The van der Waals surface area contributed by atoms with Crippen LogP contribution in [0.1, 0.15) is 39.2 Å². The summed E-state index contributed by atoms with van der Waals surface area (Å²) in [4.78, 5) is 13.1. The topological polar surface area (TPSA) is 58.4 Å². The van der Waals surface area contributed by atoms with Crippen molar-refractivity contribution in [1.29, 1.82) is 0 Å². The molecule has 0 unspecified atom stereocenters. The van der Waals surface area contributed by atoms with E-state index in [9.17, 15) is 10.1 Å². The van der Waals surface area contributed by atoms with Gasteiger partial charge in [0.1, 0.15) is 5.69 Å². The van der Waals surface area contributed by atoms with E-state index in [-0.39, 0.29) is 10.6 Å². The van der Waals surface area contributed by atoms with Crippen molar-refractivity contribution in [3.63, 3.8) is 0 Å². The lowest BCUT2D eigenvalue weighted by molar-refractivity contribution is -0.384. The lowest BCUT2D eigenvalue weighted by atomic mass is 9.82. The van der Waals surface area contributed by atoms with Gasteiger partial charge in [0.05, 0.1) is 4.92 Å². The molecule has 1 aromatic carbocycles. The Kier molecular flexibility index (Phi) is 4.83. The molecule has 2 rings (SSSR count). The highest BCUT2D eigenvalue weighted by Crippen LogP contribution is 2.31. The summed E-state index contributed by atoms with van der Waals surface area (Å²) in [5.41, 5.74) is 2.36. The molecule has 1 saturated heterocycles. The van der Waals surface area contributed by atoms with Gasteiger partial charge in [0.2, 0.25) is 0 Å². The Labute approximate surface area is 126 Å². The van der Waals surface area contributed by atoms with Crippen molar-refractivity contribution in [1.82, 2.24) is 4.90 Å². The molecule has 1 N–H and O–H groups in total. The second-order valence-electron chi connectivity index (χ2n) is 6.58. The van der Waals surface area contributed by atoms with Crippen LogP contribution in [0.3, 0.4) is 0 Å². The Morgan fingerprint density at radius 2 is 2.00 bits per heavy atom. The lowest BCUT2D eigenvalue weighted by Gasteiger charge is -2.36. The van der Waals surface area contributed by atoms with E-state index in [1.165, 1.54) is 12.8 Å². The summed E-state index contributed by atoms with van der Waals surface area (Å²) in [6.07, 6.45) is 2.42. The Balaban J connectivity index is 2.07. The zero-order valence-electron chi connectivity index (χ0n) is 13.2. The van der Waals surface area contributed by atoms with Crippen LogP contribution in [0.5, 0.6) is 0 Å². The predicted molar refractivity (Wildman–Crippen MR) is 85.6 cm³/mol. The van der Waals surface area contributed by atoms with Crippen LogP contribution in [0, 0.1) is 15.5 Å². The first-order valence-corrected chi connectivity index (χ1v) is 7.65. The number of piperidine rings is 1.